The Morgan fingerprint density at radius 3 is 3.00 bits per heavy atom. The van der Waals surface area contributed by atoms with Crippen molar-refractivity contribution in [3.8, 4) is 23.8 Å². The van der Waals surface area contributed by atoms with E-state index in [-0.39, 0.29) is 6.79 Å². The fraction of sp³-hybridized carbons (Fsp3) is 0.273. The number of hydrogen-bond acceptors (Lipinski definition) is 3. The highest BCUT2D eigenvalue weighted by molar-refractivity contribution is 5.45. The van der Waals surface area contributed by atoms with E-state index < -0.39 is 6.10 Å². The summed E-state index contributed by atoms with van der Waals surface area (Å²) >= 11 is 0. The van der Waals surface area contributed by atoms with Gasteiger partial charge in [-0.05, 0) is 17.7 Å². The lowest BCUT2D eigenvalue weighted by Crippen LogP contribution is -1.95. The maximum absolute atomic E-state index is 9.61. The Morgan fingerprint density at radius 2 is 2.21 bits per heavy atom. The van der Waals surface area contributed by atoms with Gasteiger partial charge in [0, 0.05) is 6.42 Å². The molecule has 14 heavy (non-hydrogen) atoms. The SMILES string of the molecule is C#CC[C@@H](O)c1ccc2c(c1)OCO2. The molecule has 0 amide bonds. The Kier molecular flexibility index (Phi) is 2.30. The van der Waals surface area contributed by atoms with Crippen LogP contribution in [0, 0.1) is 12.3 Å². The predicted molar refractivity (Wildman–Crippen MR) is 51.0 cm³/mol. The fourth-order valence-electron chi connectivity index (χ4n) is 1.35. The molecule has 0 spiro atoms. The van der Waals surface area contributed by atoms with Crippen LogP contribution < -0.4 is 9.47 Å². The van der Waals surface area contributed by atoms with Gasteiger partial charge in [0.1, 0.15) is 0 Å². The van der Waals surface area contributed by atoms with Crippen LogP contribution in [0.3, 0.4) is 0 Å². The minimum atomic E-state index is -0.630. The molecule has 0 radical (unpaired) electrons. The van der Waals surface area contributed by atoms with Crippen LogP contribution in [0.4, 0.5) is 0 Å². The molecule has 0 saturated carbocycles. The van der Waals surface area contributed by atoms with Gasteiger partial charge in [0.15, 0.2) is 11.5 Å². The monoisotopic (exact) mass is 190 g/mol. The number of hydrogen-bond donors (Lipinski definition) is 1. The molecule has 2 rings (SSSR count). The Labute approximate surface area is 82.3 Å². The zero-order valence-electron chi connectivity index (χ0n) is 7.56. The third-order valence-corrected chi connectivity index (χ3v) is 2.09. The lowest BCUT2D eigenvalue weighted by Gasteiger charge is -2.07. The molecule has 0 unspecified atom stereocenters. The van der Waals surface area contributed by atoms with Crippen molar-refractivity contribution in [2.75, 3.05) is 6.79 Å². The minimum absolute atomic E-state index is 0.240. The zero-order valence-corrected chi connectivity index (χ0v) is 7.56. The average Bonchev–Trinajstić information content (AvgIpc) is 2.64. The summed E-state index contributed by atoms with van der Waals surface area (Å²) in [5, 5.41) is 9.61. The van der Waals surface area contributed by atoms with Crippen LogP contribution in [0.5, 0.6) is 11.5 Å². The van der Waals surface area contributed by atoms with E-state index in [0.29, 0.717) is 17.9 Å². The Bertz CT molecular complexity index is 379. The van der Waals surface area contributed by atoms with Gasteiger partial charge in [-0.3, -0.25) is 0 Å². The van der Waals surface area contributed by atoms with Gasteiger partial charge >= 0.3 is 0 Å². The first-order chi connectivity index (χ1) is 6.81. The quantitative estimate of drug-likeness (QED) is 0.718. The van der Waals surface area contributed by atoms with Gasteiger partial charge < -0.3 is 14.6 Å². The second-order valence-corrected chi connectivity index (χ2v) is 3.04. The Hall–Kier alpha value is -1.66. The predicted octanol–water partition coefficient (Wildman–Crippen LogP) is 1.47. The van der Waals surface area contributed by atoms with Gasteiger partial charge in [0.05, 0.1) is 6.10 Å². The Balaban J connectivity index is 2.25. The van der Waals surface area contributed by atoms with Crippen LogP contribution in [0.2, 0.25) is 0 Å². The van der Waals surface area contributed by atoms with Crippen molar-refractivity contribution in [1.29, 1.82) is 0 Å². The number of benzene rings is 1. The molecule has 0 fully saturated rings. The molecule has 0 saturated heterocycles. The van der Waals surface area contributed by atoms with E-state index in [9.17, 15) is 5.11 Å². The first kappa shape index (κ1) is 8.92. The van der Waals surface area contributed by atoms with Gasteiger partial charge in [0.25, 0.3) is 0 Å². The van der Waals surface area contributed by atoms with Crippen LogP contribution in [0.1, 0.15) is 18.1 Å². The summed E-state index contributed by atoms with van der Waals surface area (Å²) in [5.41, 5.74) is 0.757. The highest BCUT2D eigenvalue weighted by atomic mass is 16.7. The van der Waals surface area contributed by atoms with Crippen molar-refractivity contribution in [3.05, 3.63) is 23.8 Å². The summed E-state index contributed by atoms with van der Waals surface area (Å²) in [6.45, 7) is 0.240. The number of fused-ring (bicyclic) bond motifs is 1. The zero-order chi connectivity index (χ0) is 9.97. The topological polar surface area (TPSA) is 38.7 Å². The molecular weight excluding hydrogens is 180 g/mol. The molecule has 3 heteroatoms. The normalized spacial score (nSPS) is 14.9. The van der Waals surface area contributed by atoms with Crippen molar-refractivity contribution >= 4 is 0 Å². The molecule has 3 nitrogen and oxygen atoms in total. The Morgan fingerprint density at radius 1 is 1.43 bits per heavy atom. The van der Waals surface area contributed by atoms with Crippen LogP contribution in [-0.2, 0) is 0 Å². The van der Waals surface area contributed by atoms with Crippen molar-refractivity contribution < 1.29 is 14.6 Å². The van der Waals surface area contributed by atoms with Gasteiger partial charge in [-0.15, -0.1) is 12.3 Å². The molecule has 72 valence electrons. The van der Waals surface area contributed by atoms with Crippen LogP contribution in [-0.4, -0.2) is 11.9 Å². The lowest BCUT2D eigenvalue weighted by atomic mass is 10.1. The maximum Gasteiger partial charge on any atom is 0.231 e. The van der Waals surface area contributed by atoms with E-state index in [2.05, 4.69) is 5.92 Å². The van der Waals surface area contributed by atoms with Crippen LogP contribution in [0.15, 0.2) is 18.2 Å². The first-order valence-electron chi connectivity index (χ1n) is 4.32. The highest BCUT2D eigenvalue weighted by Gasteiger charge is 2.15. The summed E-state index contributed by atoms with van der Waals surface area (Å²) < 4.78 is 10.3. The molecule has 1 heterocycles. The number of rotatable bonds is 2. The summed E-state index contributed by atoms with van der Waals surface area (Å²) in [6.07, 6.45) is 4.79. The largest absolute Gasteiger partial charge is 0.454 e. The van der Waals surface area contributed by atoms with E-state index in [1.54, 1.807) is 18.2 Å². The van der Waals surface area contributed by atoms with E-state index in [4.69, 9.17) is 15.9 Å². The first-order valence-corrected chi connectivity index (χ1v) is 4.32. The number of terminal acetylenes is 1. The summed E-state index contributed by atoms with van der Waals surface area (Å²) in [7, 11) is 0. The molecular formula is C11H10O3. The van der Waals surface area contributed by atoms with Gasteiger partial charge in [-0.1, -0.05) is 6.07 Å². The maximum atomic E-state index is 9.61. The molecule has 0 bridgehead atoms. The van der Waals surface area contributed by atoms with E-state index in [1.165, 1.54) is 0 Å². The standard InChI is InChI=1S/C11H10O3/c1-2-3-9(12)8-4-5-10-11(6-8)14-7-13-10/h1,4-6,9,12H,3,7H2/t9-/m1/s1. The number of ether oxygens (including phenoxy) is 2. The van der Waals surface area contributed by atoms with Crippen molar-refractivity contribution in [1.82, 2.24) is 0 Å². The molecule has 1 aliphatic rings. The van der Waals surface area contributed by atoms with E-state index in [1.807, 2.05) is 0 Å². The van der Waals surface area contributed by atoms with Gasteiger partial charge in [0.2, 0.25) is 6.79 Å². The van der Waals surface area contributed by atoms with Gasteiger partial charge in [-0.25, -0.2) is 0 Å². The highest BCUT2D eigenvalue weighted by Crippen LogP contribution is 2.34. The molecule has 1 atom stereocenters. The molecule has 0 aromatic heterocycles. The van der Waals surface area contributed by atoms with Crippen molar-refractivity contribution in [2.45, 2.75) is 12.5 Å². The lowest BCUT2D eigenvalue weighted by molar-refractivity contribution is 0.172. The molecule has 1 aromatic carbocycles. The second-order valence-electron chi connectivity index (χ2n) is 3.04. The van der Waals surface area contributed by atoms with Crippen molar-refractivity contribution in [2.24, 2.45) is 0 Å². The number of aliphatic hydroxyl groups excluding tert-OH is 1. The summed E-state index contributed by atoms with van der Waals surface area (Å²) in [6, 6.07) is 5.32. The number of aliphatic hydroxyl groups is 1. The molecule has 0 aliphatic carbocycles. The second kappa shape index (κ2) is 3.60. The van der Waals surface area contributed by atoms with Crippen LogP contribution in [0.25, 0.3) is 0 Å². The minimum Gasteiger partial charge on any atom is -0.454 e. The van der Waals surface area contributed by atoms with Crippen LogP contribution >= 0.6 is 0 Å². The third kappa shape index (κ3) is 1.52. The third-order valence-electron chi connectivity index (χ3n) is 2.09. The van der Waals surface area contributed by atoms with Gasteiger partial charge in [-0.2, -0.15) is 0 Å². The van der Waals surface area contributed by atoms with E-state index >= 15 is 0 Å². The summed E-state index contributed by atoms with van der Waals surface area (Å²) in [4.78, 5) is 0. The average molecular weight is 190 g/mol. The molecule has 1 aromatic rings. The van der Waals surface area contributed by atoms with E-state index in [0.717, 1.165) is 5.56 Å². The molecule has 1 N–H and O–H groups in total. The van der Waals surface area contributed by atoms with Crippen molar-refractivity contribution in [3.63, 3.8) is 0 Å². The molecule has 1 aliphatic heterocycles. The summed E-state index contributed by atoms with van der Waals surface area (Å²) in [5.74, 6) is 3.79. The fourth-order valence-corrected chi connectivity index (χ4v) is 1.35. The smallest absolute Gasteiger partial charge is 0.231 e.